The molecule has 0 bridgehead atoms. The maximum atomic E-state index is 11.7. The van der Waals surface area contributed by atoms with Crippen LogP contribution in [-0.2, 0) is 4.79 Å². The number of nitrogens with one attached hydrogen (secondary N) is 1. The molecule has 5 nitrogen and oxygen atoms in total. The molecule has 0 unspecified atom stereocenters. The van der Waals surface area contributed by atoms with Gasteiger partial charge >= 0.3 is 0 Å². The van der Waals surface area contributed by atoms with Gasteiger partial charge in [0.05, 0.1) is 12.1 Å². The van der Waals surface area contributed by atoms with Crippen LogP contribution < -0.4 is 5.32 Å². The second kappa shape index (κ2) is 7.96. The molecular formula is C15H31N3O2. The number of amides is 1. The molecular weight excluding hydrogens is 254 g/mol. The van der Waals surface area contributed by atoms with Gasteiger partial charge in [-0.15, -0.1) is 0 Å². The van der Waals surface area contributed by atoms with Crippen molar-refractivity contribution in [2.24, 2.45) is 0 Å². The van der Waals surface area contributed by atoms with Crippen LogP contribution in [0.3, 0.4) is 0 Å². The van der Waals surface area contributed by atoms with Crippen LogP contribution in [0.4, 0.5) is 0 Å². The summed E-state index contributed by atoms with van der Waals surface area (Å²) in [6.45, 7) is 7.15. The summed E-state index contributed by atoms with van der Waals surface area (Å²) in [5.41, 5.74) is -0.571. The average molecular weight is 285 g/mol. The molecule has 0 atom stereocenters. The molecule has 1 saturated heterocycles. The van der Waals surface area contributed by atoms with Gasteiger partial charge in [-0.25, -0.2) is 0 Å². The predicted molar refractivity (Wildman–Crippen MR) is 81.7 cm³/mol. The van der Waals surface area contributed by atoms with Gasteiger partial charge in [0, 0.05) is 39.8 Å². The Kier molecular flexibility index (Phi) is 6.92. The van der Waals surface area contributed by atoms with Crippen molar-refractivity contribution in [3.8, 4) is 0 Å². The smallest absolute Gasteiger partial charge is 0.236 e. The normalized spacial score (nSPS) is 18.2. The molecule has 1 rings (SSSR count). The molecule has 20 heavy (non-hydrogen) atoms. The Morgan fingerprint density at radius 2 is 1.85 bits per heavy atom. The number of likely N-dealkylation sites (tertiary alicyclic amines) is 1. The summed E-state index contributed by atoms with van der Waals surface area (Å²) in [6.07, 6.45) is 3.66. The van der Waals surface area contributed by atoms with Crippen LogP contribution in [0.1, 0.15) is 39.5 Å². The van der Waals surface area contributed by atoms with E-state index in [2.05, 4.69) is 10.2 Å². The number of piperidine rings is 1. The molecule has 1 amide bonds. The number of hydrogen-bond donors (Lipinski definition) is 2. The summed E-state index contributed by atoms with van der Waals surface area (Å²) in [7, 11) is 3.60. The fraction of sp³-hybridized carbons (Fsp3) is 0.933. The van der Waals surface area contributed by atoms with Crippen molar-refractivity contribution in [3.05, 3.63) is 0 Å². The van der Waals surface area contributed by atoms with E-state index >= 15 is 0 Å². The van der Waals surface area contributed by atoms with E-state index < -0.39 is 5.60 Å². The number of carbonyl (C=O) groups excluding carboxylic acids is 1. The zero-order chi connectivity index (χ0) is 15.2. The van der Waals surface area contributed by atoms with E-state index in [4.69, 9.17) is 0 Å². The van der Waals surface area contributed by atoms with E-state index in [1.54, 1.807) is 19.0 Å². The van der Waals surface area contributed by atoms with Gasteiger partial charge < -0.3 is 15.3 Å². The zero-order valence-electron chi connectivity index (χ0n) is 13.5. The van der Waals surface area contributed by atoms with E-state index in [1.165, 1.54) is 0 Å². The minimum atomic E-state index is -0.571. The Labute approximate surface area is 123 Å². The predicted octanol–water partition coefficient (Wildman–Crippen LogP) is 0.680. The van der Waals surface area contributed by atoms with Crippen LogP contribution in [0.15, 0.2) is 0 Å². The fourth-order valence-electron chi connectivity index (χ4n) is 2.46. The number of likely N-dealkylation sites (N-methyl/N-ethyl adjacent to an activating group) is 1. The number of carbonyl (C=O) groups is 1. The second-order valence-corrected chi connectivity index (χ2v) is 6.15. The van der Waals surface area contributed by atoms with Crippen molar-refractivity contribution in [1.82, 2.24) is 15.1 Å². The van der Waals surface area contributed by atoms with Gasteiger partial charge in [0.1, 0.15) is 0 Å². The highest BCUT2D eigenvalue weighted by molar-refractivity contribution is 5.77. The first-order valence-electron chi connectivity index (χ1n) is 7.78. The molecule has 1 heterocycles. The third-order valence-corrected chi connectivity index (χ3v) is 4.48. The number of rotatable bonds is 7. The molecule has 0 radical (unpaired) electrons. The minimum Gasteiger partial charge on any atom is -0.389 e. The standard InChI is InChI=1S/C15H31N3O2/c1-5-15(20,6-2)12-16-13-7-9-18(10-8-13)11-14(19)17(3)4/h13,16,20H,5-12H2,1-4H3. The van der Waals surface area contributed by atoms with Gasteiger partial charge in [0.2, 0.25) is 5.91 Å². The van der Waals surface area contributed by atoms with Gasteiger partial charge in [-0.3, -0.25) is 9.69 Å². The summed E-state index contributed by atoms with van der Waals surface area (Å²) in [5, 5.41) is 13.8. The quantitative estimate of drug-likeness (QED) is 0.722. The zero-order valence-corrected chi connectivity index (χ0v) is 13.5. The van der Waals surface area contributed by atoms with E-state index in [0.29, 0.717) is 19.1 Å². The molecule has 0 spiro atoms. The van der Waals surface area contributed by atoms with Crippen molar-refractivity contribution in [2.45, 2.75) is 51.2 Å². The van der Waals surface area contributed by atoms with Gasteiger partial charge in [-0.05, 0) is 25.7 Å². The molecule has 1 fully saturated rings. The van der Waals surface area contributed by atoms with Crippen LogP contribution in [0, 0.1) is 0 Å². The first-order chi connectivity index (χ1) is 9.40. The van der Waals surface area contributed by atoms with Crippen LogP contribution >= 0.6 is 0 Å². The Balaban J connectivity index is 2.27. The molecule has 118 valence electrons. The molecule has 1 aliphatic rings. The lowest BCUT2D eigenvalue weighted by molar-refractivity contribution is -0.130. The number of hydrogen-bond acceptors (Lipinski definition) is 4. The number of nitrogens with zero attached hydrogens (tertiary/aromatic N) is 2. The lowest BCUT2D eigenvalue weighted by atomic mass is 9.96. The SMILES string of the molecule is CCC(O)(CC)CNC1CCN(CC(=O)N(C)C)CC1. The monoisotopic (exact) mass is 285 g/mol. The fourth-order valence-corrected chi connectivity index (χ4v) is 2.46. The van der Waals surface area contributed by atoms with Crippen LogP contribution in [0.5, 0.6) is 0 Å². The van der Waals surface area contributed by atoms with Crippen molar-refractivity contribution in [3.63, 3.8) is 0 Å². The molecule has 2 N–H and O–H groups in total. The molecule has 0 saturated carbocycles. The Morgan fingerprint density at radius 3 is 2.30 bits per heavy atom. The third-order valence-electron chi connectivity index (χ3n) is 4.48. The van der Waals surface area contributed by atoms with Crippen LogP contribution in [0.2, 0.25) is 0 Å². The molecule has 0 aromatic rings. The summed E-state index contributed by atoms with van der Waals surface area (Å²) in [4.78, 5) is 15.5. The van der Waals surface area contributed by atoms with Gasteiger partial charge in [0.15, 0.2) is 0 Å². The van der Waals surface area contributed by atoms with Gasteiger partial charge in [-0.2, -0.15) is 0 Å². The Hall–Kier alpha value is -0.650. The lowest BCUT2D eigenvalue weighted by Crippen LogP contribution is -2.49. The first-order valence-corrected chi connectivity index (χ1v) is 7.78. The molecule has 0 aliphatic carbocycles. The molecule has 1 aliphatic heterocycles. The molecule has 5 heteroatoms. The van der Waals surface area contributed by atoms with Gasteiger partial charge in [0.25, 0.3) is 0 Å². The maximum absolute atomic E-state index is 11.7. The summed E-state index contributed by atoms with van der Waals surface area (Å²) in [6, 6.07) is 0.463. The summed E-state index contributed by atoms with van der Waals surface area (Å²) in [5.74, 6) is 0.169. The minimum absolute atomic E-state index is 0.169. The highest BCUT2D eigenvalue weighted by atomic mass is 16.3. The van der Waals surface area contributed by atoms with E-state index in [9.17, 15) is 9.90 Å². The van der Waals surface area contributed by atoms with Gasteiger partial charge in [-0.1, -0.05) is 13.8 Å². The molecule has 0 aromatic carbocycles. The largest absolute Gasteiger partial charge is 0.389 e. The Morgan fingerprint density at radius 1 is 1.30 bits per heavy atom. The summed E-state index contributed by atoms with van der Waals surface area (Å²) < 4.78 is 0. The number of aliphatic hydroxyl groups is 1. The first kappa shape index (κ1) is 17.4. The van der Waals surface area contributed by atoms with Crippen LogP contribution in [0.25, 0.3) is 0 Å². The average Bonchev–Trinajstić information content (AvgIpc) is 2.46. The van der Waals surface area contributed by atoms with E-state index in [-0.39, 0.29) is 5.91 Å². The van der Waals surface area contributed by atoms with Crippen molar-refractivity contribution in [2.75, 3.05) is 40.3 Å². The molecule has 0 aromatic heterocycles. The highest BCUT2D eigenvalue weighted by Gasteiger charge is 2.26. The van der Waals surface area contributed by atoms with E-state index in [1.807, 2.05) is 13.8 Å². The van der Waals surface area contributed by atoms with Crippen molar-refractivity contribution >= 4 is 5.91 Å². The second-order valence-electron chi connectivity index (χ2n) is 6.15. The summed E-state index contributed by atoms with van der Waals surface area (Å²) >= 11 is 0. The topological polar surface area (TPSA) is 55.8 Å². The van der Waals surface area contributed by atoms with Crippen LogP contribution in [-0.4, -0.2) is 72.7 Å². The lowest BCUT2D eigenvalue weighted by Gasteiger charge is -2.35. The Bertz CT molecular complexity index is 295. The van der Waals surface area contributed by atoms with E-state index in [0.717, 1.165) is 38.8 Å². The maximum Gasteiger partial charge on any atom is 0.236 e. The van der Waals surface area contributed by atoms with Crippen molar-refractivity contribution in [1.29, 1.82) is 0 Å². The highest BCUT2D eigenvalue weighted by Crippen LogP contribution is 2.16. The third kappa shape index (κ3) is 5.38. The van der Waals surface area contributed by atoms with Crippen molar-refractivity contribution < 1.29 is 9.90 Å².